The molecule has 2 heterocycles. The van der Waals surface area contributed by atoms with Crippen LogP contribution in [-0.2, 0) is 10.3 Å². The number of benzene rings is 2. The predicted octanol–water partition coefficient (Wildman–Crippen LogP) is 3.47. The zero-order valence-electron chi connectivity index (χ0n) is 21.3. The van der Waals surface area contributed by atoms with Crippen molar-refractivity contribution in [3.05, 3.63) is 59.7 Å². The van der Waals surface area contributed by atoms with Crippen LogP contribution >= 0.6 is 0 Å². The van der Waals surface area contributed by atoms with Gasteiger partial charge in [-0.1, -0.05) is 24.3 Å². The molecular weight excluding hydrogens is 480 g/mol. The zero-order chi connectivity index (χ0) is 26.6. The molecule has 0 radical (unpaired) electrons. The van der Waals surface area contributed by atoms with Gasteiger partial charge in [-0.15, -0.1) is 0 Å². The summed E-state index contributed by atoms with van der Waals surface area (Å²) in [5.41, 5.74) is 5.37. The number of carbonyl (C=O) groups excluding carboxylic acids is 1. The number of β-amino-alcohol motifs (C(OH)–C–C–N with tert-alkyl or cyclic N) is 1. The smallest absolute Gasteiger partial charge is 0.320 e. The number of likely N-dealkylation sites (tertiary alicyclic amines) is 2. The molecular formula is C28H37F2N3O4. The van der Waals surface area contributed by atoms with E-state index in [1.54, 1.807) is 35.1 Å². The molecule has 37 heavy (non-hydrogen) atoms. The normalized spacial score (nSPS) is 23.8. The Morgan fingerprint density at radius 1 is 1.14 bits per heavy atom. The van der Waals surface area contributed by atoms with E-state index >= 15 is 4.39 Å². The molecule has 2 aromatic carbocycles. The maximum absolute atomic E-state index is 15.3. The molecule has 2 fully saturated rings. The van der Waals surface area contributed by atoms with E-state index in [0.29, 0.717) is 56.4 Å². The van der Waals surface area contributed by atoms with Crippen LogP contribution in [0.3, 0.4) is 0 Å². The van der Waals surface area contributed by atoms with Crippen molar-refractivity contribution in [2.45, 2.75) is 49.9 Å². The number of nitrogens with two attached hydrogens (primary N) is 1. The van der Waals surface area contributed by atoms with Crippen LogP contribution in [0.5, 0.6) is 0 Å². The lowest BCUT2D eigenvalue weighted by atomic mass is 9.72. The summed E-state index contributed by atoms with van der Waals surface area (Å²) in [6.45, 7) is 1.78. The topological polar surface area (TPSA) is 99.3 Å². The standard InChI is InChI=1S/C28H37F2N3O4/c1-37-14-3-2-12-28(36,22-10-5-11-23(30)26(22)19-7-4-9-21(29)15-19)20-8-6-13-32(16-20)27(35)33-17-24(31)25(34)18-33/h4-5,7,9-11,15,20,24-25,34,36H,2-3,6,8,12-14,16-18,31H2,1H3/t20?,24-,25+,28+/m1/s1. The highest BCUT2D eigenvalue weighted by molar-refractivity contribution is 5.75. The number of aliphatic hydroxyl groups excluding tert-OH is 1. The zero-order valence-corrected chi connectivity index (χ0v) is 21.3. The summed E-state index contributed by atoms with van der Waals surface area (Å²) in [6.07, 6.45) is 2.23. The molecule has 2 saturated heterocycles. The number of ether oxygens (including phenoxy) is 1. The summed E-state index contributed by atoms with van der Waals surface area (Å²) >= 11 is 0. The molecule has 4 rings (SSSR count). The van der Waals surface area contributed by atoms with Gasteiger partial charge in [-0.25, -0.2) is 13.6 Å². The lowest BCUT2D eigenvalue weighted by Crippen LogP contribution is -2.52. The number of rotatable bonds is 8. The molecule has 2 aliphatic rings. The average Bonchev–Trinajstić information content (AvgIpc) is 3.23. The van der Waals surface area contributed by atoms with Gasteiger partial charge in [0.2, 0.25) is 0 Å². The van der Waals surface area contributed by atoms with Crippen LogP contribution in [-0.4, -0.2) is 78.1 Å². The van der Waals surface area contributed by atoms with Crippen molar-refractivity contribution in [3.8, 4) is 11.1 Å². The number of aliphatic hydroxyl groups is 2. The third-order valence-corrected chi connectivity index (χ3v) is 7.72. The molecule has 0 aliphatic carbocycles. The summed E-state index contributed by atoms with van der Waals surface area (Å²) in [6, 6.07) is 9.60. The van der Waals surface area contributed by atoms with Gasteiger partial charge in [0.25, 0.3) is 0 Å². The SMILES string of the molecule is COCCCC[C@@](O)(c1cccc(F)c1-c1cccc(F)c1)C1CCCN(C(=O)N2C[C@@H](N)[C@@H](O)C2)C1. The minimum atomic E-state index is -1.46. The number of hydrogen-bond donors (Lipinski definition) is 3. The summed E-state index contributed by atoms with van der Waals surface area (Å²) < 4.78 is 34.6. The van der Waals surface area contributed by atoms with Crippen LogP contribution in [0, 0.1) is 17.6 Å². The largest absolute Gasteiger partial charge is 0.390 e. The number of carbonyl (C=O) groups is 1. The average molecular weight is 518 g/mol. The molecule has 7 nitrogen and oxygen atoms in total. The molecule has 2 aliphatic heterocycles. The van der Waals surface area contributed by atoms with Crippen LogP contribution in [0.1, 0.15) is 37.7 Å². The second-order valence-electron chi connectivity index (χ2n) is 10.3. The van der Waals surface area contributed by atoms with Gasteiger partial charge in [-0.2, -0.15) is 0 Å². The molecule has 0 saturated carbocycles. The second-order valence-corrected chi connectivity index (χ2v) is 10.3. The quantitative estimate of drug-likeness (QED) is 0.466. The van der Waals surface area contributed by atoms with E-state index in [0.717, 1.165) is 0 Å². The Balaban J connectivity index is 1.68. The summed E-state index contributed by atoms with van der Waals surface area (Å²) in [4.78, 5) is 16.5. The number of piperidine rings is 1. The molecule has 0 bridgehead atoms. The van der Waals surface area contributed by atoms with Crippen LogP contribution in [0.4, 0.5) is 13.6 Å². The van der Waals surface area contributed by atoms with E-state index < -0.39 is 29.4 Å². The van der Waals surface area contributed by atoms with Crippen molar-refractivity contribution in [2.24, 2.45) is 11.7 Å². The number of amides is 2. The van der Waals surface area contributed by atoms with E-state index in [-0.39, 0.29) is 37.1 Å². The van der Waals surface area contributed by atoms with Gasteiger partial charge >= 0.3 is 6.03 Å². The van der Waals surface area contributed by atoms with E-state index in [4.69, 9.17) is 10.5 Å². The first-order valence-electron chi connectivity index (χ1n) is 13.0. The summed E-state index contributed by atoms with van der Waals surface area (Å²) in [5.74, 6) is -1.40. The van der Waals surface area contributed by atoms with Gasteiger partial charge in [0.1, 0.15) is 11.6 Å². The minimum Gasteiger partial charge on any atom is -0.390 e. The van der Waals surface area contributed by atoms with E-state index in [9.17, 15) is 19.4 Å². The minimum absolute atomic E-state index is 0.174. The molecule has 2 aromatic rings. The van der Waals surface area contributed by atoms with Crippen molar-refractivity contribution >= 4 is 6.03 Å². The second kappa shape index (κ2) is 11.9. The first-order valence-corrected chi connectivity index (χ1v) is 13.0. The summed E-state index contributed by atoms with van der Waals surface area (Å²) in [7, 11) is 1.62. The van der Waals surface area contributed by atoms with E-state index in [1.165, 1.54) is 24.3 Å². The van der Waals surface area contributed by atoms with Gasteiger partial charge in [0, 0.05) is 57.4 Å². The van der Waals surface area contributed by atoms with Crippen LogP contribution in [0.2, 0.25) is 0 Å². The Morgan fingerprint density at radius 3 is 2.62 bits per heavy atom. The molecule has 202 valence electrons. The predicted molar refractivity (Wildman–Crippen MR) is 137 cm³/mol. The third-order valence-electron chi connectivity index (χ3n) is 7.72. The summed E-state index contributed by atoms with van der Waals surface area (Å²) in [5, 5.41) is 22.4. The monoisotopic (exact) mass is 517 g/mol. The Kier molecular flexibility index (Phi) is 8.79. The number of hydrogen-bond acceptors (Lipinski definition) is 5. The molecule has 1 unspecified atom stereocenters. The van der Waals surface area contributed by atoms with Crippen LogP contribution in [0.15, 0.2) is 42.5 Å². The Bertz CT molecular complexity index is 1080. The first-order chi connectivity index (χ1) is 17.7. The number of halogens is 2. The molecule has 2 amide bonds. The van der Waals surface area contributed by atoms with Crippen molar-refractivity contribution in [1.29, 1.82) is 0 Å². The van der Waals surface area contributed by atoms with Gasteiger partial charge in [-0.05, 0) is 61.4 Å². The highest BCUT2D eigenvalue weighted by Crippen LogP contribution is 2.44. The molecule has 4 N–H and O–H groups in total. The molecule has 0 aromatic heterocycles. The number of methoxy groups -OCH3 is 1. The van der Waals surface area contributed by atoms with Crippen molar-refractivity contribution < 1.29 is 28.5 Å². The fourth-order valence-corrected chi connectivity index (χ4v) is 5.73. The number of nitrogens with zero attached hydrogens (tertiary/aromatic N) is 2. The Hall–Kier alpha value is -2.59. The molecule has 4 atom stereocenters. The van der Waals surface area contributed by atoms with Crippen molar-refractivity contribution in [1.82, 2.24) is 9.80 Å². The van der Waals surface area contributed by atoms with Crippen LogP contribution in [0.25, 0.3) is 11.1 Å². The van der Waals surface area contributed by atoms with E-state index in [1.807, 2.05) is 0 Å². The lowest BCUT2D eigenvalue weighted by Gasteiger charge is -2.44. The fraction of sp³-hybridized carbons (Fsp3) is 0.536. The molecule has 0 spiro atoms. The van der Waals surface area contributed by atoms with Gasteiger partial charge < -0.3 is 30.5 Å². The highest BCUT2D eigenvalue weighted by Gasteiger charge is 2.44. The highest BCUT2D eigenvalue weighted by atomic mass is 19.1. The van der Waals surface area contributed by atoms with E-state index in [2.05, 4.69) is 0 Å². The third kappa shape index (κ3) is 5.95. The Morgan fingerprint density at radius 2 is 1.92 bits per heavy atom. The maximum atomic E-state index is 15.3. The number of unbranched alkanes of at least 4 members (excludes halogenated alkanes) is 1. The van der Waals surface area contributed by atoms with Crippen molar-refractivity contribution in [2.75, 3.05) is 39.9 Å². The maximum Gasteiger partial charge on any atom is 0.320 e. The van der Waals surface area contributed by atoms with Gasteiger partial charge in [-0.3, -0.25) is 0 Å². The first kappa shape index (κ1) is 27.4. The number of urea groups is 1. The Labute approximate surface area is 216 Å². The molecule has 9 heteroatoms. The van der Waals surface area contributed by atoms with Gasteiger partial charge in [0.15, 0.2) is 0 Å². The van der Waals surface area contributed by atoms with Crippen molar-refractivity contribution in [3.63, 3.8) is 0 Å². The van der Waals surface area contributed by atoms with Gasteiger partial charge in [0.05, 0.1) is 11.7 Å². The van der Waals surface area contributed by atoms with Crippen LogP contribution < -0.4 is 5.73 Å². The fourth-order valence-electron chi connectivity index (χ4n) is 5.73. The lowest BCUT2D eigenvalue weighted by molar-refractivity contribution is -0.0573.